The van der Waals surface area contributed by atoms with E-state index in [-0.39, 0.29) is 0 Å². The van der Waals surface area contributed by atoms with Crippen LogP contribution >= 0.6 is 11.3 Å². The molecule has 2 aromatic heterocycles. The first-order valence-corrected chi connectivity index (χ1v) is 9.02. The lowest BCUT2D eigenvalue weighted by Crippen LogP contribution is -1.95. The highest BCUT2D eigenvalue weighted by atomic mass is 32.1. The SMILES string of the molecule is CCc1cc(C(C)=NCc2cc(-c3ccc(C)cc3)no2)c(C)s1. The van der Waals surface area contributed by atoms with Gasteiger partial charge in [0.25, 0.3) is 0 Å². The monoisotopic (exact) mass is 338 g/mol. The molecule has 3 aromatic rings. The van der Waals surface area contributed by atoms with E-state index >= 15 is 0 Å². The first kappa shape index (κ1) is 16.7. The fraction of sp³-hybridized carbons (Fsp3) is 0.300. The molecule has 0 saturated carbocycles. The summed E-state index contributed by atoms with van der Waals surface area (Å²) in [5.41, 5.74) is 5.46. The summed E-state index contributed by atoms with van der Waals surface area (Å²) in [6, 6.07) is 12.5. The molecule has 0 aliphatic heterocycles. The smallest absolute Gasteiger partial charge is 0.158 e. The van der Waals surface area contributed by atoms with Gasteiger partial charge in [0.2, 0.25) is 0 Å². The summed E-state index contributed by atoms with van der Waals surface area (Å²) in [4.78, 5) is 7.41. The van der Waals surface area contributed by atoms with Crippen LogP contribution in [0.5, 0.6) is 0 Å². The molecule has 0 unspecified atom stereocenters. The Balaban J connectivity index is 1.74. The first-order valence-electron chi connectivity index (χ1n) is 8.20. The summed E-state index contributed by atoms with van der Waals surface area (Å²) in [5, 5.41) is 4.16. The minimum Gasteiger partial charge on any atom is -0.359 e. The van der Waals surface area contributed by atoms with E-state index < -0.39 is 0 Å². The minimum atomic E-state index is 0.515. The molecule has 0 amide bonds. The molecular weight excluding hydrogens is 316 g/mol. The number of hydrogen-bond acceptors (Lipinski definition) is 4. The highest BCUT2D eigenvalue weighted by molar-refractivity contribution is 7.12. The maximum Gasteiger partial charge on any atom is 0.158 e. The summed E-state index contributed by atoms with van der Waals surface area (Å²) in [6.45, 7) is 8.99. The van der Waals surface area contributed by atoms with E-state index in [4.69, 9.17) is 4.52 Å². The third kappa shape index (κ3) is 3.65. The van der Waals surface area contributed by atoms with E-state index in [0.717, 1.165) is 29.2 Å². The highest BCUT2D eigenvalue weighted by Crippen LogP contribution is 2.23. The fourth-order valence-electron chi connectivity index (χ4n) is 2.61. The van der Waals surface area contributed by atoms with Gasteiger partial charge in [-0.15, -0.1) is 11.3 Å². The van der Waals surface area contributed by atoms with Crippen LogP contribution in [-0.2, 0) is 13.0 Å². The highest BCUT2D eigenvalue weighted by Gasteiger charge is 2.09. The largest absolute Gasteiger partial charge is 0.359 e. The van der Waals surface area contributed by atoms with Crippen LogP contribution in [0.2, 0.25) is 0 Å². The summed E-state index contributed by atoms with van der Waals surface area (Å²) < 4.78 is 5.44. The molecule has 0 spiro atoms. The van der Waals surface area contributed by atoms with Crippen LogP contribution in [0.15, 0.2) is 45.9 Å². The van der Waals surface area contributed by atoms with E-state index in [1.165, 1.54) is 20.9 Å². The predicted molar refractivity (Wildman–Crippen MR) is 101 cm³/mol. The van der Waals surface area contributed by atoms with Crippen molar-refractivity contribution in [2.24, 2.45) is 4.99 Å². The molecule has 3 rings (SSSR count). The van der Waals surface area contributed by atoms with Crippen molar-refractivity contribution in [3.8, 4) is 11.3 Å². The number of nitrogens with zero attached hydrogens (tertiary/aromatic N) is 2. The lowest BCUT2D eigenvalue weighted by molar-refractivity contribution is 0.387. The Morgan fingerprint density at radius 1 is 1.17 bits per heavy atom. The molecule has 0 radical (unpaired) electrons. The van der Waals surface area contributed by atoms with Gasteiger partial charge in [0.15, 0.2) is 5.76 Å². The van der Waals surface area contributed by atoms with E-state index in [1.54, 1.807) is 0 Å². The van der Waals surface area contributed by atoms with Gasteiger partial charge in [0.05, 0.1) is 0 Å². The van der Waals surface area contributed by atoms with Gasteiger partial charge in [0.1, 0.15) is 12.2 Å². The van der Waals surface area contributed by atoms with Crippen LogP contribution in [0, 0.1) is 13.8 Å². The van der Waals surface area contributed by atoms with Crippen LogP contribution in [-0.4, -0.2) is 10.9 Å². The Morgan fingerprint density at radius 2 is 1.92 bits per heavy atom. The molecule has 124 valence electrons. The summed E-state index contributed by atoms with van der Waals surface area (Å²) in [7, 11) is 0. The zero-order chi connectivity index (χ0) is 17.1. The Hall–Kier alpha value is -2.20. The minimum absolute atomic E-state index is 0.515. The number of aliphatic imine (C=N–C) groups is 1. The molecule has 4 heteroatoms. The third-order valence-corrected chi connectivity index (χ3v) is 5.28. The number of benzene rings is 1. The van der Waals surface area contributed by atoms with Crippen LogP contribution in [0.25, 0.3) is 11.3 Å². The van der Waals surface area contributed by atoms with Crippen LogP contribution < -0.4 is 0 Å². The number of rotatable bonds is 5. The van der Waals surface area contributed by atoms with E-state index in [1.807, 2.05) is 17.4 Å². The summed E-state index contributed by atoms with van der Waals surface area (Å²) in [5.74, 6) is 0.786. The molecule has 0 N–H and O–H groups in total. The second kappa shape index (κ2) is 7.14. The van der Waals surface area contributed by atoms with Gasteiger partial charge in [-0.25, -0.2) is 0 Å². The number of hydrogen-bond donors (Lipinski definition) is 0. The topological polar surface area (TPSA) is 38.4 Å². The molecule has 24 heavy (non-hydrogen) atoms. The summed E-state index contributed by atoms with van der Waals surface area (Å²) >= 11 is 1.85. The average molecular weight is 338 g/mol. The Bertz CT molecular complexity index is 856. The molecule has 0 fully saturated rings. The van der Waals surface area contributed by atoms with Gasteiger partial charge in [-0.3, -0.25) is 4.99 Å². The molecule has 0 aliphatic rings. The van der Waals surface area contributed by atoms with Crippen LogP contribution in [0.1, 0.15) is 40.5 Å². The molecule has 1 aromatic carbocycles. The molecule has 0 bridgehead atoms. The number of aromatic nitrogens is 1. The van der Waals surface area contributed by atoms with Crippen molar-refractivity contribution in [3.63, 3.8) is 0 Å². The van der Waals surface area contributed by atoms with Crippen molar-refractivity contribution in [3.05, 3.63) is 63.0 Å². The zero-order valence-electron chi connectivity index (χ0n) is 14.6. The molecule has 0 atom stereocenters. The fourth-order valence-corrected chi connectivity index (χ4v) is 3.64. The van der Waals surface area contributed by atoms with Gasteiger partial charge in [-0.05, 0) is 33.3 Å². The van der Waals surface area contributed by atoms with Gasteiger partial charge in [-0.1, -0.05) is 41.9 Å². The van der Waals surface area contributed by atoms with Crippen molar-refractivity contribution >= 4 is 17.0 Å². The van der Waals surface area contributed by atoms with Gasteiger partial charge < -0.3 is 4.52 Å². The third-order valence-electron chi connectivity index (χ3n) is 4.09. The predicted octanol–water partition coefficient (Wildman–Crippen LogP) is 5.59. The van der Waals surface area contributed by atoms with Crippen LogP contribution in [0.3, 0.4) is 0 Å². The van der Waals surface area contributed by atoms with Crippen LogP contribution in [0.4, 0.5) is 0 Å². The van der Waals surface area contributed by atoms with Gasteiger partial charge in [0, 0.05) is 32.7 Å². The Labute approximate surface area is 147 Å². The zero-order valence-corrected chi connectivity index (χ0v) is 15.4. The maximum absolute atomic E-state index is 5.44. The first-order chi connectivity index (χ1) is 11.6. The van der Waals surface area contributed by atoms with E-state index in [0.29, 0.717) is 6.54 Å². The molecule has 3 nitrogen and oxygen atoms in total. The van der Waals surface area contributed by atoms with Crippen molar-refractivity contribution in [2.45, 2.75) is 40.7 Å². The standard InChI is InChI=1S/C20H22N2OS/c1-5-18-11-19(15(4)24-18)14(3)21-12-17-10-20(22-23-17)16-8-6-13(2)7-9-16/h6-11H,5,12H2,1-4H3. The average Bonchev–Trinajstić information content (AvgIpc) is 3.20. The summed E-state index contributed by atoms with van der Waals surface area (Å²) in [6.07, 6.45) is 1.07. The lowest BCUT2D eigenvalue weighted by atomic mass is 10.1. The molecule has 2 heterocycles. The number of thiophene rings is 1. The Kier molecular flexibility index (Phi) is 4.95. The van der Waals surface area contributed by atoms with E-state index in [9.17, 15) is 0 Å². The molecule has 0 aliphatic carbocycles. The second-order valence-corrected chi connectivity index (χ2v) is 7.32. The van der Waals surface area contributed by atoms with E-state index in [2.05, 4.69) is 68.2 Å². The van der Waals surface area contributed by atoms with Crippen molar-refractivity contribution in [1.82, 2.24) is 5.16 Å². The quantitative estimate of drug-likeness (QED) is 0.569. The normalized spacial score (nSPS) is 11.9. The van der Waals surface area contributed by atoms with Crippen molar-refractivity contribution < 1.29 is 4.52 Å². The lowest BCUT2D eigenvalue weighted by Gasteiger charge is -1.98. The Morgan fingerprint density at radius 3 is 2.58 bits per heavy atom. The van der Waals surface area contributed by atoms with Gasteiger partial charge >= 0.3 is 0 Å². The second-order valence-electron chi connectivity index (χ2n) is 5.98. The molecular formula is C20H22N2OS. The number of aryl methyl sites for hydroxylation is 3. The van der Waals surface area contributed by atoms with Crippen molar-refractivity contribution in [2.75, 3.05) is 0 Å². The molecule has 0 saturated heterocycles. The van der Waals surface area contributed by atoms with Gasteiger partial charge in [-0.2, -0.15) is 0 Å². The maximum atomic E-state index is 5.44. The van der Waals surface area contributed by atoms with Crippen molar-refractivity contribution in [1.29, 1.82) is 0 Å².